The summed E-state index contributed by atoms with van der Waals surface area (Å²) in [5.74, 6) is 0.820. The highest BCUT2D eigenvalue weighted by Gasteiger charge is 2.03. The fourth-order valence-electron chi connectivity index (χ4n) is 1.79. The SMILES string of the molecule is O=[C]OCCc1ccccc1OCc1ccccc1. The van der Waals surface area contributed by atoms with Crippen molar-refractivity contribution in [2.24, 2.45) is 0 Å². The largest absolute Gasteiger partial charge is 0.489 e. The lowest BCUT2D eigenvalue weighted by Crippen LogP contribution is -2.01. The normalized spacial score (nSPS) is 9.89. The molecular weight excluding hydrogens is 240 g/mol. The maximum absolute atomic E-state index is 10.0. The summed E-state index contributed by atoms with van der Waals surface area (Å²) in [5.41, 5.74) is 2.14. The van der Waals surface area contributed by atoms with Gasteiger partial charge in [0.2, 0.25) is 0 Å². The maximum atomic E-state index is 10.0. The Bertz CT molecular complexity index is 508. The van der Waals surface area contributed by atoms with Crippen LogP contribution < -0.4 is 4.74 Å². The summed E-state index contributed by atoms with van der Waals surface area (Å²) < 4.78 is 10.4. The molecule has 2 rings (SSSR count). The highest BCUT2D eigenvalue weighted by atomic mass is 16.5. The van der Waals surface area contributed by atoms with Gasteiger partial charge in [-0.3, -0.25) is 0 Å². The second-order valence-electron chi connectivity index (χ2n) is 4.06. The smallest absolute Gasteiger partial charge is 0.417 e. The first kappa shape index (κ1) is 13.1. The molecule has 0 fully saturated rings. The number of ether oxygens (including phenoxy) is 2. The third-order valence-electron chi connectivity index (χ3n) is 2.74. The lowest BCUT2D eigenvalue weighted by Gasteiger charge is -2.11. The Morgan fingerprint density at radius 2 is 1.68 bits per heavy atom. The summed E-state index contributed by atoms with van der Waals surface area (Å²) in [7, 11) is 0. The van der Waals surface area contributed by atoms with Crippen molar-refractivity contribution in [3.8, 4) is 5.75 Å². The highest BCUT2D eigenvalue weighted by molar-refractivity contribution is 5.38. The minimum Gasteiger partial charge on any atom is -0.489 e. The molecular formula is C16H15O3. The van der Waals surface area contributed by atoms with Gasteiger partial charge in [-0.25, -0.2) is 4.79 Å². The number of hydrogen-bond donors (Lipinski definition) is 0. The topological polar surface area (TPSA) is 35.5 Å². The number of benzene rings is 2. The number of carbonyl (C=O) groups excluding carboxylic acids is 1. The van der Waals surface area contributed by atoms with Gasteiger partial charge in [0.25, 0.3) is 0 Å². The van der Waals surface area contributed by atoms with E-state index in [2.05, 4.69) is 4.74 Å². The lowest BCUT2D eigenvalue weighted by atomic mass is 10.1. The van der Waals surface area contributed by atoms with Gasteiger partial charge in [0.1, 0.15) is 12.4 Å². The summed E-state index contributed by atoms with van der Waals surface area (Å²) in [4.78, 5) is 10.0. The van der Waals surface area contributed by atoms with E-state index in [0.29, 0.717) is 19.6 Å². The molecule has 97 valence electrons. The summed E-state index contributed by atoms with van der Waals surface area (Å²) in [6.45, 7) is 2.27. The molecule has 0 spiro atoms. The molecule has 0 aliphatic rings. The third-order valence-corrected chi connectivity index (χ3v) is 2.74. The molecule has 3 nitrogen and oxygen atoms in total. The first-order valence-electron chi connectivity index (χ1n) is 6.13. The summed E-state index contributed by atoms with van der Waals surface area (Å²) in [6, 6.07) is 17.7. The zero-order valence-electron chi connectivity index (χ0n) is 10.5. The average Bonchev–Trinajstić information content (AvgIpc) is 2.48. The van der Waals surface area contributed by atoms with Crippen LogP contribution in [-0.2, 0) is 22.6 Å². The zero-order valence-corrected chi connectivity index (χ0v) is 10.5. The molecule has 0 N–H and O–H groups in total. The van der Waals surface area contributed by atoms with E-state index in [1.165, 1.54) is 6.47 Å². The van der Waals surface area contributed by atoms with Crippen LogP contribution in [0, 0.1) is 0 Å². The van der Waals surface area contributed by atoms with E-state index in [-0.39, 0.29) is 0 Å². The van der Waals surface area contributed by atoms with Gasteiger partial charge in [0, 0.05) is 6.42 Å². The van der Waals surface area contributed by atoms with Crippen LogP contribution in [0.3, 0.4) is 0 Å². The summed E-state index contributed by atoms with van der Waals surface area (Å²) in [5, 5.41) is 0. The van der Waals surface area contributed by atoms with Crippen molar-refractivity contribution in [1.82, 2.24) is 0 Å². The average molecular weight is 255 g/mol. The number of hydrogen-bond acceptors (Lipinski definition) is 3. The van der Waals surface area contributed by atoms with Gasteiger partial charge in [-0.05, 0) is 17.2 Å². The second-order valence-corrected chi connectivity index (χ2v) is 4.06. The van der Waals surface area contributed by atoms with Crippen molar-refractivity contribution in [1.29, 1.82) is 0 Å². The Kier molecular flexibility index (Phi) is 4.99. The first-order valence-corrected chi connectivity index (χ1v) is 6.13. The molecule has 0 aliphatic heterocycles. The molecule has 0 aliphatic carbocycles. The van der Waals surface area contributed by atoms with Crippen LogP contribution in [0.25, 0.3) is 0 Å². The van der Waals surface area contributed by atoms with E-state index < -0.39 is 0 Å². The highest BCUT2D eigenvalue weighted by Crippen LogP contribution is 2.19. The van der Waals surface area contributed by atoms with E-state index in [1.807, 2.05) is 54.6 Å². The fourth-order valence-corrected chi connectivity index (χ4v) is 1.79. The van der Waals surface area contributed by atoms with Gasteiger partial charge in [-0.2, -0.15) is 0 Å². The Morgan fingerprint density at radius 1 is 0.947 bits per heavy atom. The van der Waals surface area contributed by atoms with Crippen LogP contribution in [0.5, 0.6) is 5.75 Å². The monoisotopic (exact) mass is 255 g/mol. The van der Waals surface area contributed by atoms with Crippen molar-refractivity contribution in [3.05, 3.63) is 65.7 Å². The third kappa shape index (κ3) is 4.14. The molecule has 0 saturated carbocycles. The summed E-state index contributed by atoms with van der Waals surface area (Å²) in [6.07, 6.45) is 0.625. The van der Waals surface area contributed by atoms with E-state index in [0.717, 1.165) is 16.9 Å². The molecule has 0 saturated heterocycles. The van der Waals surface area contributed by atoms with Gasteiger partial charge in [-0.15, -0.1) is 0 Å². The second kappa shape index (κ2) is 7.21. The van der Waals surface area contributed by atoms with Gasteiger partial charge >= 0.3 is 6.47 Å². The summed E-state index contributed by atoms with van der Waals surface area (Å²) >= 11 is 0. The predicted molar refractivity (Wildman–Crippen MR) is 72.6 cm³/mol. The van der Waals surface area contributed by atoms with E-state index in [4.69, 9.17) is 4.74 Å². The van der Waals surface area contributed by atoms with Crippen LogP contribution in [0.4, 0.5) is 0 Å². The molecule has 1 radical (unpaired) electrons. The Balaban J connectivity index is 1.97. The zero-order chi connectivity index (χ0) is 13.3. The van der Waals surface area contributed by atoms with Crippen molar-refractivity contribution < 1.29 is 14.3 Å². The van der Waals surface area contributed by atoms with Gasteiger partial charge in [0.05, 0.1) is 6.61 Å². The molecule has 0 bridgehead atoms. The van der Waals surface area contributed by atoms with Crippen LogP contribution in [0.1, 0.15) is 11.1 Å². The maximum Gasteiger partial charge on any atom is 0.417 e. The molecule has 0 atom stereocenters. The van der Waals surface area contributed by atoms with Crippen LogP contribution in [-0.4, -0.2) is 13.1 Å². The molecule has 0 unspecified atom stereocenters. The fraction of sp³-hybridized carbons (Fsp3) is 0.188. The minimum absolute atomic E-state index is 0.315. The van der Waals surface area contributed by atoms with Crippen molar-refractivity contribution in [2.45, 2.75) is 13.0 Å². The Hall–Kier alpha value is -2.29. The van der Waals surface area contributed by atoms with Crippen LogP contribution >= 0.6 is 0 Å². The molecule has 19 heavy (non-hydrogen) atoms. The van der Waals surface area contributed by atoms with Crippen molar-refractivity contribution >= 4 is 6.47 Å². The Labute approximate surface area is 112 Å². The lowest BCUT2D eigenvalue weighted by molar-refractivity contribution is 0.274. The Morgan fingerprint density at radius 3 is 2.47 bits per heavy atom. The first-order chi connectivity index (χ1) is 9.40. The minimum atomic E-state index is 0.315. The van der Waals surface area contributed by atoms with Crippen LogP contribution in [0.2, 0.25) is 0 Å². The number of rotatable bonds is 7. The number of para-hydroxylation sites is 1. The molecule has 3 heteroatoms. The quantitative estimate of drug-likeness (QED) is 0.714. The van der Waals surface area contributed by atoms with E-state index in [9.17, 15) is 4.79 Å². The molecule has 2 aromatic carbocycles. The van der Waals surface area contributed by atoms with E-state index >= 15 is 0 Å². The molecule has 2 aromatic rings. The van der Waals surface area contributed by atoms with Gasteiger partial charge in [-0.1, -0.05) is 48.5 Å². The molecule has 0 amide bonds. The predicted octanol–water partition coefficient (Wildman–Crippen LogP) is 2.89. The molecule has 0 aromatic heterocycles. The van der Waals surface area contributed by atoms with Gasteiger partial charge < -0.3 is 9.47 Å². The van der Waals surface area contributed by atoms with E-state index in [1.54, 1.807) is 0 Å². The van der Waals surface area contributed by atoms with Crippen LogP contribution in [0.15, 0.2) is 54.6 Å². The van der Waals surface area contributed by atoms with Crippen molar-refractivity contribution in [3.63, 3.8) is 0 Å². The molecule has 0 heterocycles. The van der Waals surface area contributed by atoms with Crippen molar-refractivity contribution in [2.75, 3.05) is 6.61 Å². The standard InChI is InChI=1S/C16H15O3/c17-13-18-11-10-15-8-4-5-9-16(15)19-12-14-6-2-1-3-7-14/h1-9H,10-12H2. The van der Waals surface area contributed by atoms with Gasteiger partial charge in [0.15, 0.2) is 0 Å².